The summed E-state index contributed by atoms with van der Waals surface area (Å²) in [5.74, 6) is -0.0464. The molecule has 2 N–H and O–H groups in total. The van der Waals surface area contributed by atoms with Gasteiger partial charge in [0.15, 0.2) is 0 Å². The van der Waals surface area contributed by atoms with Crippen molar-refractivity contribution in [3.63, 3.8) is 0 Å². The minimum atomic E-state index is -0.274. The van der Waals surface area contributed by atoms with E-state index in [-0.39, 0.29) is 17.9 Å². The van der Waals surface area contributed by atoms with Crippen LogP contribution in [0.25, 0.3) is 0 Å². The second-order valence-electron chi connectivity index (χ2n) is 6.20. The van der Waals surface area contributed by atoms with Gasteiger partial charge in [-0.3, -0.25) is 4.79 Å². The molecule has 1 aliphatic carbocycles. The topological polar surface area (TPSA) is 49.3 Å². The van der Waals surface area contributed by atoms with E-state index in [2.05, 4.69) is 11.4 Å². The lowest BCUT2D eigenvalue weighted by Crippen LogP contribution is -2.36. The molecule has 0 bridgehead atoms. The molecular formula is C16H23NO2. The van der Waals surface area contributed by atoms with E-state index in [1.165, 1.54) is 24.0 Å². The molecule has 0 atom stereocenters. The van der Waals surface area contributed by atoms with Crippen LogP contribution in [0.5, 0.6) is 0 Å². The number of amides is 1. The predicted octanol–water partition coefficient (Wildman–Crippen LogP) is 2.31. The normalized spacial score (nSPS) is 14.9. The maximum atomic E-state index is 12.1. The lowest BCUT2D eigenvalue weighted by atomic mass is 9.90. The highest BCUT2D eigenvalue weighted by molar-refractivity contribution is 5.94. The van der Waals surface area contributed by atoms with Crippen molar-refractivity contribution in [3.05, 3.63) is 34.9 Å². The Morgan fingerprint density at radius 1 is 1.26 bits per heavy atom. The fraction of sp³-hybridized carbons (Fsp3) is 0.562. The van der Waals surface area contributed by atoms with Gasteiger partial charge in [0.1, 0.15) is 0 Å². The summed E-state index contributed by atoms with van der Waals surface area (Å²) in [6, 6.07) is 6.02. The molecule has 0 radical (unpaired) electrons. The molecule has 1 aromatic carbocycles. The first-order valence-corrected chi connectivity index (χ1v) is 7.03. The molecule has 1 aromatic rings. The van der Waals surface area contributed by atoms with Crippen LogP contribution >= 0.6 is 0 Å². The highest BCUT2D eigenvalue weighted by Gasteiger charge is 2.18. The molecule has 0 saturated heterocycles. The fourth-order valence-corrected chi connectivity index (χ4v) is 2.35. The third kappa shape index (κ3) is 3.57. The van der Waals surface area contributed by atoms with Crippen LogP contribution in [0.2, 0.25) is 0 Å². The van der Waals surface area contributed by atoms with Gasteiger partial charge in [-0.15, -0.1) is 0 Å². The highest BCUT2D eigenvalue weighted by Crippen LogP contribution is 2.22. The number of fused-ring (bicyclic) bond motifs is 1. The Labute approximate surface area is 115 Å². The van der Waals surface area contributed by atoms with E-state index in [9.17, 15) is 9.90 Å². The largest absolute Gasteiger partial charge is 0.396 e. The average Bonchev–Trinajstić information content (AvgIpc) is 2.44. The second kappa shape index (κ2) is 5.74. The van der Waals surface area contributed by atoms with Gasteiger partial charge in [-0.25, -0.2) is 0 Å². The SMILES string of the molecule is CC(C)(CO)CNC(=O)c1ccc2c(c1)CCCC2. The Morgan fingerprint density at radius 3 is 2.63 bits per heavy atom. The van der Waals surface area contributed by atoms with Gasteiger partial charge in [0.25, 0.3) is 5.91 Å². The van der Waals surface area contributed by atoms with E-state index in [4.69, 9.17) is 0 Å². The van der Waals surface area contributed by atoms with E-state index in [1.54, 1.807) is 0 Å². The molecule has 104 valence electrons. The van der Waals surface area contributed by atoms with E-state index in [0.29, 0.717) is 6.54 Å². The van der Waals surface area contributed by atoms with Gasteiger partial charge >= 0.3 is 0 Å². The van der Waals surface area contributed by atoms with Crippen LogP contribution in [-0.4, -0.2) is 24.2 Å². The number of hydrogen-bond acceptors (Lipinski definition) is 2. The zero-order valence-electron chi connectivity index (χ0n) is 11.8. The van der Waals surface area contributed by atoms with Crippen LogP contribution in [-0.2, 0) is 12.8 Å². The number of benzene rings is 1. The smallest absolute Gasteiger partial charge is 0.251 e. The Hall–Kier alpha value is -1.35. The van der Waals surface area contributed by atoms with Crippen molar-refractivity contribution in [1.82, 2.24) is 5.32 Å². The second-order valence-corrected chi connectivity index (χ2v) is 6.20. The molecule has 1 amide bonds. The Balaban J connectivity index is 2.03. The number of hydrogen-bond donors (Lipinski definition) is 2. The molecule has 0 aromatic heterocycles. The summed E-state index contributed by atoms with van der Waals surface area (Å²) in [6.07, 6.45) is 4.69. The summed E-state index contributed by atoms with van der Waals surface area (Å²) < 4.78 is 0. The Bertz CT molecular complexity index is 466. The summed E-state index contributed by atoms with van der Waals surface area (Å²) in [4.78, 5) is 12.1. The number of rotatable bonds is 4. The molecule has 0 fully saturated rings. The summed E-state index contributed by atoms with van der Waals surface area (Å²) >= 11 is 0. The number of carbonyl (C=O) groups is 1. The monoisotopic (exact) mass is 261 g/mol. The third-order valence-electron chi connectivity index (χ3n) is 3.77. The maximum Gasteiger partial charge on any atom is 0.251 e. The summed E-state index contributed by atoms with van der Waals surface area (Å²) in [6.45, 7) is 4.41. The number of nitrogens with one attached hydrogen (secondary N) is 1. The molecular weight excluding hydrogens is 238 g/mol. The third-order valence-corrected chi connectivity index (χ3v) is 3.77. The molecule has 0 aliphatic heterocycles. The van der Waals surface area contributed by atoms with Gasteiger partial charge < -0.3 is 10.4 Å². The molecule has 3 nitrogen and oxygen atoms in total. The molecule has 0 spiro atoms. The minimum Gasteiger partial charge on any atom is -0.396 e. The van der Waals surface area contributed by atoms with Crippen LogP contribution in [0.4, 0.5) is 0 Å². The van der Waals surface area contributed by atoms with Crippen LogP contribution in [0, 0.1) is 5.41 Å². The Kier molecular flexibility index (Phi) is 4.25. The molecule has 19 heavy (non-hydrogen) atoms. The average molecular weight is 261 g/mol. The van der Waals surface area contributed by atoms with Crippen molar-refractivity contribution in [3.8, 4) is 0 Å². The van der Waals surface area contributed by atoms with Crippen LogP contribution < -0.4 is 5.32 Å². The van der Waals surface area contributed by atoms with Gasteiger partial charge in [0, 0.05) is 24.1 Å². The number of aliphatic hydroxyl groups is 1. The summed E-state index contributed by atoms with van der Waals surface area (Å²) in [7, 11) is 0. The number of aryl methyl sites for hydroxylation is 2. The number of aliphatic hydroxyl groups excluding tert-OH is 1. The predicted molar refractivity (Wildman–Crippen MR) is 76.3 cm³/mol. The quantitative estimate of drug-likeness (QED) is 0.874. The van der Waals surface area contributed by atoms with E-state index in [1.807, 2.05) is 26.0 Å². The maximum absolute atomic E-state index is 12.1. The van der Waals surface area contributed by atoms with Gasteiger partial charge in [-0.2, -0.15) is 0 Å². The van der Waals surface area contributed by atoms with Crippen molar-refractivity contribution in [1.29, 1.82) is 0 Å². The van der Waals surface area contributed by atoms with Crippen molar-refractivity contribution >= 4 is 5.91 Å². The van der Waals surface area contributed by atoms with Crippen LogP contribution in [0.15, 0.2) is 18.2 Å². The lowest BCUT2D eigenvalue weighted by Gasteiger charge is -2.22. The molecule has 0 saturated carbocycles. The van der Waals surface area contributed by atoms with Crippen LogP contribution in [0.1, 0.15) is 48.2 Å². The van der Waals surface area contributed by atoms with Gasteiger partial charge in [-0.05, 0) is 48.9 Å². The van der Waals surface area contributed by atoms with Crippen molar-refractivity contribution in [2.45, 2.75) is 39.5 Å². The van der Waals surface area contributed by atoms with Crippen LogP contribution in [0.3, 0.4) is 0 Å². The molecule has 0 unspecified atom stereocenters. The van der Waals surface area contributed by atoms with Gasteiger partial charge in [0.2, 0.25) is 0 Å². The van der Waals surface area contributed by atoms with E-state index < -0.39 is 0 Å². The zero-order valence-corrected chi connectivity index (χ0v) is 11.8. The standard InChI is InChI=1S/C16H23NO2/c1-16(2,11-18)10-17-15(19)14-8-7-12-5-3-4-6-13(12)9-14/h7-9,18H,3-6,10-11H2,1-2H3,(H,17,19). The van der Waals surface area contributed by atoms with E-state index >= 15 is 0 Å². The minimum absolute atomic E-state index is 0.0464. The van der Waals surface area contributed by atoms with Gasteiger partial charge in [-0.1, -0.05) is 19.9 Å². The van der Waals surface area contributed by atoms with Crippen molar-refractivity contribution in [2.75, 3.05) is 13.2 Å². The Morgan fingerprint density at radius 2 is 1.95 bits per heavy atom. The molecule has 1 aliphatic rings. The number of carbonyl (C=O) groups excluding carboxylic acids is 1. The molecule has 0 heterocycles. The summed E-state index contributed by atoms with van der Waals surface area (Å²) in [5.41, 5.74) is 3.16. The molecule has 2 rings (SSSR count). The highest BCUT2D eigenvalue weighted by atomic mass is 16.3. The zero-order chi connectivity index (χ0) is 13.9. The first-order chi connectivity index (χ1) is 9.02. The van der Waals surface area contributed by atoms with Crippen molar-refractivity contribution in [2.24, 2.45) is 5.41 Å². The lowest BCUT2D eigenvalue weighted by molar-refractivity contribution is 0.0911. The first kappa shape index (κ1) is 14.1. The summed E-state index contributed by atoms with van der Waals surface area (Å²) in [5, 5.41) is 12.1. The van der Waals surface area contributed by atoms with Gasteiger partial charge in [0.05, 0.1) is 0 Å². The van der Waals surface area contributed by atoms with E-state index in [0.717, 1.165) is 18.4 Å². The fourth-order valence-electron chi connectivity index (χ4n) is 2.35. The van der Waals surface area contributed by atoms with Crippen molar-refractivity contribution < 1.29 is 9.90 Å². The molecule has 3 heteroatoms. The first-order valence-electron chi connectivity index (χ1n) is 7.03.